The minimum atomic E-state index is 0.116. The standard InChI is InChI=1S/C18H22BrNO/c1-11-6-7-16(21-5)15(8-11)18(20-4)14-9-12(2)17(19)13(3)10-14/h6-10,18,20H,1-5H3. The van der Waals surface area contributed by atoms with Crippen LogP contribution in [-0.2, 0) is 0 Å². The molecule has 0 bridgehead atoms. The number of benzene rings is 2. The molecule has 0 radical (unpaired) electrons. The highest BCUT2D eigenvalue weighted by atomic mass is 79.9. The Hall–Kier alpha value is -1.32. The maximum atomic E-state index is 5.54. The summed E-state index contributed by atoms with van der Waals surface area (Å²) >= 11 is 3.64. The molecule has 0 aliphatic carbocycles. The number of ether oxygens (including phenoxy) is 1. The van der Waals surface area contributed by atoms with Crippen LogP contribution < -0.4 is 10.1 Å². The third-order valence-corrected chi connectivity index (χ3v) is 5.03. The molecule has 2 nitrogen and oxygen atoms in total. The molecule has 2 rings (SSSR count). The lowest BCUT2D eigenvalue weighted by atomic mass is 9.94. The second kappa shape index (κ2) is 6.63. The second-order valence-corrected chi connectivity index (χ2v) is 6.23. The number of hydrogen-bond donors (Lipinski definition) is 1. The Morgan fingerprint density at radius 1 is 1.05 bits per heavy atom. The van der Waals surface area contributed by atoms with E-state index in [2.05, 4.69) is 66.3 Å². The van der Waals surface area contributed by atoms with Crippen molar-refractivity contribution in [3.05, 3.63) is 62.6 Å². The Balaban J connectivity index is 2.57. The van der Waals surface area contributed by atoms with Gasteiger partial charge in [-0.2, -0.15) is 0 Å². The molecule has 3 heteroatoms. The monoisotopic (exact) mass is 347 g/mol. The minimum absolute atomic E-state index is 0.116. The van der Waals surface area contributed by atoms with E-state index in [9.17, 15) is 0 Å². The Morgan fingerprint density at radius 3 is 2.19 bits per heavy atom. The molecular formula is C18H22BrNO. The van der Waals surface area contributed by atoms with Crippen molar-refractivity contribution in [3.63, 3.8) is 0 Å². The number of hydrogen-bond acceptors (Lipinski definition) is 2. The van der Waals surface area contributed by atoms with Crippen molar-refractivity contribution in [1.82, 2.24) is 5.32 Å². The first-order valence-electron chi connectivity index (χ1n) is 7.06. The summed E-state index contributed by atoms with van der Waals surface area (Å²) in [7, 11) is 3.71. The van der Waals surface area contributed by atoms with E-state index < -0.39 is 0 Å². The molecule has 0 fully saturated rings. The predicted octanol–water partition coefficient (Wildman–Crippen LogP) is 4.69. The molecule has 0 saturated heterocycles. The van der Waals surface area contributed by atoms with Gasteiger partial charge in [-0.05, 0) is 50.6 Å². The first kappa shape index (κ1) is 16.1. The fraction of sp³-hybridized carbons (Fsp3) is 0.333. The van der Waals surface area contributed by atoms with Crippen molar-refractivity contribution >= 4 is 15.9 Å². The van der Waals surface area contributed by atoms with Crippen LogP contribution in [0.3, 0.4) is 0 Å². The number of methoxy groups -OCH3 is 1. The summed E-state index contributed by atoms with van der Waals surface area (Å²) in [5, 5.41) is 3.42. The van der Waals surface area contributed by atoms with Crippen molar-refractivity contribution in [3.8, 4) is 5.75 Å². The molecule has 112 valence electrons. The van der Waals surface area contributed by atoms with E-state index in [1.54, 1.807) is 7.11 Å². The minimum Gasteiger partial charge on any atom is -0.496 e. The molecule has 1 atom stereocenters. The van der Waals surface area contributed by atoms with Gasteiger partial charge in [-0.15, -0.1) is 0 Å². The van der Waals surface area contributed by atoms with E-state index in [-0.39, 0.29) is 6.04 Å². The molecule has 0 saturated carbocycles. The van der Waals surface area contributed by atoms with Crippen molar-refractivity contribution in [2.75, 3.05) is 14.2 Å². The fourth-order valence-corrected chi connectivity index (χ4v) is 2.96. The molecule has 0 aliphatic heterocycles. The molecule has 0 amide bonds. The molecule has 2 aromatic rings. The van der Waals surface area contributed by atoms with Crippen molar-refractivity contribution < 1.29 is 4.74 Å². The average Bonchev–Trinajstić information content (AvgIpc) is 2.46. The van der Waals surface area contributed by atoms with Crippen molar-refractivity contribution in [2.45, 2.75) is 26.8 Å². The van der Waals surface area contributed by atoms with Crippen molar-refractivity contribution in [2.24, 2.45) is 0 Å². The topological polar surface area (TPSA) is 21.3 Å². The largest absolute Gasteiger partial charge is 0.496 e. The smallest absolute Gasteiger partial charge is 0.123 e. The van der Waals surface area contributed by atoms with Crippen LogP contribution in [0.5, 0.6) is 5.75 Å². The lowest BCUT2D eigenvalue weighted by Gasteiger charge is -2.22. The first-order valence-corrected chi connectivity index (χ1v) is 7.85. The number of rotatable bonds is 4. The lowest BCUT2D eigenvalue weighted by Crippen LogP contribution is -2.19. The van der Waals surface area contributed by atoms with Gasteiger partial charge in [0.05, 0.1) is 13.2 Å². The van der Waals surface area contributed by atoms with E-state index >= 15 is 0 Å². The van der Waals surface area contributed by atoms with Crippen LogP contribution in [0.1, 0.15) is 33.9 Å². The molecule has 1 N–H and O–H groups in total. The predicted molar refractivity (Wildman–Crippen MR) is 92.2 cm³/mol. The summed E-state index contributed by atoms with van der Waals surface area (Å²) in [6.45, 7) is 6.36. The quantitative estimate of drug-likeness (QED) is 0.865. The Bertz CT molecular complexity index is 629. The summed E-state index contributed by atoms with van der Waals surface area (Å²) in [6.07, 6.45) is 0. The molecule has 0 aromatic heterocycles. The van der Waals surface area contributed by atoms with E-state index in [1.807, 2.05) is 13.1 Å². The molecule has 2 aromatic carbocycles. The third kappa shape index (κ3) is 3.30. The van der Waals surface area contributed by atoms with Crippen LogP contribution in [0, 0.1) is 20.8 Å². The van der Waals surface area contributed by atoms with Crippen LogP contribution in [-0.4, -0.2) is 14.2 Å². The number of aryl methyl sites for hydroxylation is 3. The molecule has 0 spiro atoms. The SMILES string of the molecule is CNC(c1cc(C)c(Br)c(C)c1)c1cc(C)ccc1OC. The van der Waals surface area contributed by atoms with E-state index in [0.29, 0.717) is 0 Å². The van der Waals surface area contributed by atoms with Crippen LogP contribution in [0.2, 0.25) is 0 Å². The van der Waals surface area contributed by atoms with Gasteiger partial charge in [-0.3, -0.25) is 0 Å². The summed E-state index contributed by atoms with van der Waals surface area (Å²) in [6, 6.07) is 10.9. The van der Waals surface area contributed by atoms with Crippen molar-refractivity contribution in [1.29, 1.82) is 0 Å². The van der Waals surface area contributed by atoms with E-state index in [0.717, 1.165) is 5.75 Å². The van der Waals surface area contributed by atoms with Gasteiger partial charge < -0.3 is 10.1 Å². The second-order valence-electron chi connectivity index (χ2n) is 5.44. The Labute approximate surface area is 135 Å². The highest BCUT2D eigenvalue weighted by Crippen LogP contribution is 2.33. The first-order chi connectivity index (χ1) is 9.97. The summed E-state index contributed by atoms with van der Waals surface area (Å²) in [5.41, 5.74) is 6.14. The zero-order valence-corrected chi connectivity index (χ0v) is 14.8. The Kier molecular flexibility index (Phi) is 5.07. The number of halogens is 1. The Morgan fingerprint density at radius 2 is 1.67 bits per heavy atom. The lowest BCUT2D eigenvalue weighted by molar-refractivity contribution is 0.405. The molecule has 1 unspecified atom stereocenters. The summed E-state index contributed by atoms with van der Waals surface area (Å²) < 4.78 is 6.72. The van der Waals surface area contributed by atoms with Gasteiger partial charge in [0.25, 0.3) is 0 Å². The highest BCUT2D eigenvalue weighted by molar-refractivity contribution is 9.10. The van der Waals surface area contributed by atoms with Gasteiger partial charge in [-0.25, -0.2) is 0 Å². The highest BCUT2D eigenvalue weighted by Gasteiger charge is 2.18. The fourth-order valence-electron chi connectivity index (χ4n) is 2.73. The maximum Gasteiger partial charge on any atom is 0.123 e. The van der Waals surface area contributed by atoms with Gasteiger partial charge in [0.2, 0.25) is 0 Å². The van der Waals surface area contributed by atoms with Gasteiger partial charge in [0, 0.05) is 10.0 Å². The molecular weight excluding hydrogens is 326 g/mol. The van der Waals surface area contributed by atoms with Gasteiger partial charge in [0.1, 0.15) is 5.75 Å². The van der Waals surface area contributed by atoms with E-state index in [4.69, 9.17) is 4.74 Å². The van der Waals surface area contributed by atoms with Crippen LogP contribution in [0.15, 0.2) is 34.8 Å². The zero-order valence-electron chi connectivity index (χ0n) is 13.3. The molecule has 0 aliphatic rings. The summed E-state index contributed by atoms with van der Waals surface area (Å²) in [5.74, 6) is 0.915. The third-order valence-electron chi connectivity index (χ3n) is 3.78. The van der Waals surface area contributed by atoms with Gasteiger partial charge in [0.15, 0.2) is 0 Å². The molecule has 21 heavy (non-hydrogen) atoms. The average molecular weight is 348 g/mol. The van der Waals surface area contributed by atoms with Crippen LogP contribution in [0.25, 0.3) is 0 Å². The normalized spacial score (nSPS) is 12.3. The maximum absolute atomic E-state index is 5.54. The van der Waals surface area contributed by atoms with Crippen LogP contribution in [0.4, 0.5) is 0 Å². The van der Waals surface area contributed by atoms with Gasteiger partial charge in [-0.1, -0.05) is 45.8 Å². The van der Waals surface area contributed by atoms with Gasteiger partial charge >= 0.3 is 0 Å². The molecule has 0 heterocycles. The summed E-state index contributed by atoms with van der Waals surface area (Å²) in [4.78, 5) is 0. The van der Waals surface area contributed by atoms with Crippen LogP contribution >= 0.6 is 15.9 Å². The van der Waals surface area contributed by atoms with E-state index in [1.165, 1.54) is 32.3 Å². The number of nitrogens with one attached hydrogen (secondary N) is 1. The zero-order chi connectivity index (χ0) is 15.6.